The Balaban J connectivity index is 1.56. The predicted molar refractivity (Wildman–Crippen MR) is 132 cm³/mol. The number of rotatable bonds is 8. The van der Waals surface area contributed by atoms with Crippen LogP contribution in [0.25, 0.3) is 0 Å². The van der Waals surface area contributed by atoms with Crippen molar-refractivity contribution in [2.75, 3.05) is 33.6 Å². The number of hydrogen-bond acceptors (Lipinski definition) is 5. The van der Waals surface area contributed by atoms with Gasteiger partial charge in [0.25, 0.3) is 0 Å². The summed E-state index contributed by atoms with van der Waals surface area (Å²) in [7, 11) is 4.95. The van der Waals surface area contributed by atoms with Crippen molar-refractivity contribution in [3.8, 4) is 17.2 Å². The number of thioether (sulfide) groups is 1. The fraction of sp³-hybridized carbons (Fsp3) is 0.296. The van der Waals surface area contributed by atoms with Gasteiger partial charge in [-0.05, 0) is 59.5 Å². The summed E-state index contributed by atoms with van der Waals surface area (Å²) >= 11 is 1.69. The minimum Gasteiger partial charge on any atom is -0.497 e. The Kier molecular flexibility index (Phi) is 7.45. The second-order valence-corrected chi connectivity index (χ2v) is 9.00. The second-order valence-electron chi connectivity index (χ2n) is 7.83. The fourth-order valence-corrected chi connectivity index (χ4v) is 5.12. The molecule has 0 aromatic heterocycles. The number of benzene rings is 3. The Morgan fingerprint density at radius 1 is 0.939 bits per heavy atom. The van der Waals surface area contributed by atoms with Crippen LogP contribution < -0.4 is 14.2 Å². The molecule has 1 aliphatic heterocycles. The summed E-state index contributed by atoms with van der Waals surface area (Å²) in [5.41, 5.74) is 3.39. The molecule has 5 nitrogen and oxygen atoms in total. The molecular formula is C27H29NO4S. The zero-order valence-corrected chi connectivity index (χ0v) is 20.1. The summed E-state index contributed by atoms with van der Waals surface area (Å²) < 4.78 is 16.3. The van der Waals surface area contributed by atoms with E-state index in [0.29, 0.717) is 18.7 Å². The molecule has 0 N–H and O–H groups in total. The monoisotopic (exact) mass is 463 g/mol. The van der Waals surface area contributed by atoms with Crippen LogP contribution in [-0.2, 0) is 11.2 Å². The highest BCUT2D eigenvalue weighted by Gasteiger charge is 2.33. The van der Waals surface area contributed by atoms with Gasteiger partial charge in [0, 0.05) is 23.6 Å². The highest BCUT2D eigenvalue weighted by molar-refractivity contribution is 7.99. The van der Waals surface area contributed by atoms with Crippen LogP contribution in [0.5, 0.6) is 17.2 Å². The third-order valence-corrected chi connectivity index (χ3v) is 6.97. The molecule has 0 radical (unpaired) electrons. The van der Waals surface area contributed by atoms with E-state index < -0.39 is 0 Å². The average molecular weight is 464 g/mol. The molecule has 6 heteroatoms. The first kappa shape index (κ1) is 23.1. The summed E-state index contributed by atoms with van der Waals surface area (Å²) in [6.07, 6.45) is 1.26. The first-order valence-corrected chi connectivity index (χ1v) is 12.0. The number of carbonyl (C=O) groups excluding carboxylic acids is 1. The Hall–Kier alpha value is -3.12. The molecule has 0 aliphatic carbocycles. The van der Waals surface area contributed by atoms with Gasteiger partial charge in [0.05, 0.1) is 27.4 Å². The van der Waals surface area contributed by atoms with E-state index in [4.69, 9.17) is 14.2 Å². The van der Waals surface area contributed by atoms with Crippen LogP contribution in [0, 0.1) is 0 Å². The number of hydrogen-bond donors (Lipinski definition) is 0. The number of amides is 1. The van der Waals surface area contributed by atoms with Gasteiger partial charge in [-0.25, -0.2) is 0 Å². The molecule has 172 valence electrons. The van der Waals surface area contributed by atoms with Crippen LogP contribution in [0.2, 0.25) is 0 Å². The van der Waals surface area contributed by atoms with Crippen molar-refractivity contribution in [2.24, 2.45) is 0 Å². The van der Waals surface area contributed by atoms with Crippen molar-refractivity contribution in [1.29, 1.82) is 0 Å². The maximum Gasteiger partial charge on any atom is 0.224 e. The maximum atomic E-state index is 13.4. The molecule has 0 saturated heterocycles. The van der Waals surface area contributed by atoms with Crippen LogP contribution in [0.4, 0.5) is 0 Å². The van der Waals surface area contributed by atoms with Crippen molar-refractivity contribution in [2.45, 2.75) is 23.8 Å². The smallest absolute Gasteiger partial charge is 0.224 e. The lowest BCUT2D eigenvalue weighted by molar-refractivity contribution is -0.132. The first-order chi connectivity index (χ1) is 16.1. The summed E-state index contributed by atoms with van der Waals surface area (Å²) in [6.45, 7) is 0.675. The molecular weight excluding hydrogens is 434 g/mol. The van der Waals surface area contributed by atoms with Crippen molar-refractivity contribution in [3.05, 3.63) is 83.4 Å². The van der Waals surface area contributed by atoms with Crippen molar-refractivity contribution in [1.82, 2.24) is 4.90 Å². The lowest BCUT2D eigenvalue weighted by atomic mass is 9.87. The third-order valence-electron chi connectivity index (χ3n) is 5.95. The van der Waals surface area contributed by atoms with E-state index in [1.165, 1.54) is 5.56 Å². The Bertz CT molecular complexity index is 1090. The highest BCUT2D eigenvalue weighted by atomic mass is 32.2. The van der Waals surface area contributed by atoms with Crippen LogP contribution in [0.15, 0.2) is 71.6 Å². The minimum atomic E-state index is -0.145. The average Bonchev–Trinajstić information content (AvgIpc) is 2.87. The third kappa shape index (κ3) is 5.11. The van der Waals surface area contributed by atoms with Gasteiger partial charge in [-0.15, -0.1) is 11.8 Å². The molecule has 3 aromatic carbocycles. The number of fused-ring (bicyclic) bond motifs is 1. The van der Waals surface area contributed by atoms with Crippen LogP contribution in [0.1, 0.15) is 29.2 Å². The van der Waals surface area contributed by atoms with E-state index in [9.17, 15) is 4.79 Å². The molecule has 0 saturated carbocycles. The number of ether oxygens (including phenoxy) is 3. The maximum absolute atomic E-state index is 13.4. The van der Waals surface area contributed by atoms with Gasteiger partial charge in [0.15, 0.2) is 11.5 Å². The molecule has 3 aromatic rings. The SMILES string of the molecule is COc1ccc(SCCC(=O)N2CCc3cc(OC)c(OC)cc3C2c2ccccc2)cc1. The fourth-order valence-electron chi connectivity index (χ4n) is 4.28. The van der Waals surface area contributed by atoms with Gasteiger partial charge in [0.2, 0.25) is 5.91 Å². The number of carbonyl (C=O) groups is 1. The summed E-state index contributed by atoms with van der Waals surface area (Å²) in [5, 5.41) is 0. The largest absolute Gasteiger partial charge is 0.497 e. The normalized spacial score (nSPS) is 15.0. The highest BCUT2D eigenvalue weighted by Crippen LogP contribution is 2.41. The molecule has 1 unspecified atom stereocenters. The Morgan fingerprint density at radius 2 is 1.64 bits per heavy atom. The zero-order chi connectivity index (χ0) is 23.2. The Morgan fingerprint density at radius 3 is 2.30 bits per heavy atom. The molecule has 1 atom stereocenters. The van der Waals surface area contributed by atoms with E-state index in [1.807, 2.05) is 59.5 Å². The lowest BCUT2D eigenvalue weighted by Gasteiger charge is -2.38. The summed E-state index contributed by atoms with van der Waals surface area (Å²) in [6, 6.07) is 22.1. The van der Waals surface area contributed by atoms with Gasteiger partial charge in [-0.1, -0.05) is 30.3 Å². The molecule has 1 heterocycles. The van der Waals surface area contributed by atoms with Gasteiger partial charge in [-0.3, -0.25) is 4.79 Å². The first-order valence-electron chi connectivity index (χ1n) is 11.0. The number of nitrogens with zero attached hydrogens (tertiary/aromatic N) is 1. The lowest BCUT2D eigenvalue weighted by Crippen LogP contribution is -2.40. The van der Waals surface area contributed by atoms with E-state index in [2.05, 4.69) is 12.1 Å². The molecule has 0 bridgehead atoms. The molecule has 4 rings (SSSR count). The van der Waals surface area contributed by atoms with E-state index in [1.54, 1.807) is 33.1 Å². The van der Waals surface area contributed by atoms with Gasteiger partial charge in [-0.2, -0.15) is 0 Å². The quantitative estimate of drug-likeness (QED) is 0.421. The second kappa shape index (κ2) is 10.7. The molecule has 1 aliphatic rings. The standard InChI is InChI=1S/C27H29NO4S/c1-30-21-9-11-22(12-10-21)33-16-14-26(29)28-15-13-20-17-24(31-2)25(32-3)18-23(20)27(28)19-7-5-4-6-8-19/h4-12,17-18,27H,13-16H2,1-3H3. The molecule has 33 heavy (non-hydrogen) atoms. The van der Waals surface area contributed by atoms with Crippen molar-refractivity contribution in [3.63, 3.8) is 0 Å². The van der Waals surface area contributed by atoms with Crippen LogP contribution in [0.3, 0.4) is 0 Å². The van der Waals surface area contributed by atoms with Gasteiger partial charge < -0.3 is 19.1 Å². The molecule has 0 fully saturated rings. The molecule has 1 amide bonds. The molecule has 0 spiro atoms. The van der Waals surface area contributed by atoms with Crippen LogP contribution in [-0.4, -0.2) is 44.4 Å². The van der Waals surface area contributed by atoms with E-state index in [0.717, 1.165) is 39.7 Å². The zero-order valence-electron chi connectivity index (χ0n) is 19.2. The summed E-state index contributed by atoms with van der Waals surface area (Å²) in [5.74, 6) is 3.12. The van der Waals surface area contributed by atoms with Gasteiger partial charge in [0.1, 0.15) is 5.75 Å². The topological polar surface area (TPSA) is 48.0 Å². The Labute approximate surface area is 199 Å². The van der Waals surface area contributed by atoms with E-state index >= 15 is 0 Å². The predicted octanol–water partition coefficient (Wildman–Crippen LogP) is 5.37. The van der Waals surface area contributed by atoms with E-state index in [-0.39, 0.29) is 11.9 Å². The van der Waals surface area contributed by atoms with Crippen molar-refractivity contribution >= 4 is 17.7 Å². The summed E-state index contributed by atoms with van der Waals surface area (Å²) in [4.78, 5) is 16.5. The number of methoxy groups -OCH3 is 3. The van der Waals surface area contributed by atoms with Crippen LogP contribution >= 0.6 is 11.8 Å². The minimum absolute atomic E-state index is 0.145. The van der Waals surface area contributed by atoms with Crippen molar-refractivity contribution < 1.29 is 19.0 Å². The van der Waals surface area contributed by atoms with Gasteiger partial charge >= 0.3 is 0 Å².